The Morgan fingerprint density at radius 2 is 1.95 bits per heavy atom. The van der Waals surface area contributed by atoms with Gasteiger partial charge in [0.25, 0.3) is 5.91 Å². The third-order valence-electron chi connectivity index (χ3n) is 2.95. The standard InChI is InChI=1S/C16H17BrN2O2/c1-2-21-15-13(4-3-5-14(15)18)16(20)19-10-11-6-8-12(17)9-7-11/h3-9H,2,10,18H2,1H3,(H,19,20). The number of anilines is 1. The predicted octanol–water partition coefficient (Wildman–Crippen LogP) is 3.36. The molecular formula is C16H17BrN2O2. The van der Waals surface area contributed by atoms with Crippen LogP contribution in [0, 0.1) is 0 Å². The fourth-order valence-corrected chi connectivity index (χ4v) is 2.18. The van der Waals surface area contributed by atoms with Crippen molar-refractivity contribution >= 4 is 27.5 Å². The largest absolute Gasteiger partial charge is 0.491 e. The zero-order valence-corrected chi connectivity index (χ0v) is 13.3. The molecule has 0 saturated carbocycles. The Morgan fingerprint density at radius 1 is 1.24 bits per heavy atom. The van der Waals surface area contributed by atoms with Crippen molar-refractivity contribution in [2.45, 2.75) is 13.5 Å². The van der Waals surface area contributed by atoms with Gasteiger partial charge in [-0.25, -0.2) is 0 Å². The van der Waals surface area contributed by atoms with Gasteiger partial charge in [0.2, 0.25) is 0 Å². The Balaban J connectivity index is 2.10. The van der Waals surface area contributed by atoms with Gasteiger partial charge in [-0.15, -0.1) is 0 Å². The molecule has 0 saturated heterocycles. The first-order valence-electron chi connectivity index (χ1n) is 6.65. The van der Waals surface area contributed by atoms with E-state index in [9.17, 15) is 4.79 Å². The van der Waals surface area contributed by atoms with Crippen LogP contribution < -0.4 is 15.8 Å². The van der Waals surface area contributed by atoms with Crippen molar-refractivity contribution in [2.75, 3.05) is 12.3 Å². The van der Waals surface area contributed by atoms with E-state index in [0.717, 1.165) is 10.0 Å². The summed E-state index contributed by atoms with van der Waals surface area (Å²) >= 11 is 3.38. The maximum absolute atomic E-state index is 12.3. The monoisotopic (exact) mass is 348 g/mol. The number of nitrogens with one attached hydrogen (secondary N) is 1. The van der Waals surface area contributed by atoms with E-state index in [1.807, 2.05) is 31.2 Å². The number of carbonyl (C=O) groups excluding carboxylic acids is 1. The van der Waals surface area contributed by atoms with E-state index in [2.05, 4.69) is 21.2 Å². The summed E-state index contributed by atoms with van der Waals surface area (Å²) in [7, 11) is 0. The molecule has 0 aliphatic carbocycles. The van der Waals surface area contributed by atoms with Gasteiger partial charge in [0, 0.05) is 11.0 Å². The predicted molar refractivity (Wildman–Crippen MR) is 87.3 cm³/mol. The lowest BCUT2D eigenvalue weighted by atomic mass is 10.1. The molecule has 21 heavy (non-hydrogen) atoms. The third-order valence-corrected chi connectivity index (χ3v) is 3.47. The molecule has 5 heteroatoms. The SMILES string of the molecule is CCOc1c(N)cccc1C(=O)NCc1ccc(Br)cc1. The Labute approximate surface area is 132 Å². The van der Waals surface area contributed by atoms with Crippen LogP contribution in [0.1, 0.15) is 22.8 Å². The third kappa shape index (κ3) is 3.98. The van der Waals surface area contributed by atoms with Gasteiger partial charge in [-0.3, -0.25) is 4.79 Å². The lowest BCUT2D eigenvalue weighted by Crippen LogP contribution is -2.23. The second-order valence-corrected chi connectivity index (χ2v) is 5.38. The minimum atomic E-state index is -0.200. The van der Waals surface area contributed by atoms with Crippen molar-refractivity contribution < 1.29 is 9.53 Å². The molecule has 110 valence electrons. The molecule has 0 aliphatic heterocycles. The summed E-state index contributed by atoms with van der Waals surface area (Å²) in [4.78, 5) is 12.3. The Bertz CT molecular complexity index is 627. The molecule has 0 aliphatic rings. The van der Waals surface area contributed by atoms with Gasteiger partial charge in [-0.05, 0) is 36.8 Å². The van der Waals surface area contributed by atoms with Gasteiger partial charge in [0.1, 0.15) is 0 Å². The van der Waals surface area contributed by atoms with E-state index >= 15 is 0 Å². The zero-order chi connectivity index (χ0) is 15.2. The van der Waals surface area contributed by atoms with Crippen molar-refractivity contribution in [3.8, 4) is 5.75 Å². The molecular weight excluding hydrogens is 332 g/mol. The molecule has 0 fully saturated rings. The van der Waals surface area contributed by atoms with Crippen molar-refractivity contribution in [1.82, 2.24) is 5.32 Å². The second kappa shape index (κ2) is 7.13. The van der Waals surface area contributed by atoms with Gasteiger partial charge in [-0.1, -0.05) is 34.1 Å². The number of para-hydroxylation sites is 1. The van der Waals surface area contributed by atoms with Crippen LogP contribution in [0.15, 0.2) is 46.9 Å². The smallest absolute Gasteiger partial charge is 0.255 e. The maximum Gasteiger partial charge on any atom is 0.255 e. The highest BCUT2D eigenvalue weighted by Gasteiger charge is 2.14. The van der Waals surface area contributed by atoms with Crippen LogP contribution in [0.3, 0.4) is 0 Å². The quantitative estimate of drug-likeness (QED) is 0.814. The van der Waals surface area contributed by atoms with Crippen LogP contribution in [-0.2, 0) is 6.54 Å². The number of benzene rings is 2. The molecule has 2 aromatic rings. The number of carbonyl (C=O) groups is 1. The van der Waals surface area contributed by atoms with E-state index in [1.54, 1.807) is 18.2 Å². The van der Waals surface area contributed by atoms with Crippen LogP contribution in [0.4, 0.5) is 5.69 Å². The summed E-state index contributed by atoms with van der Waals surface area (Å²) in [5.41, 5.74) is 7.80. The number of amides is 1. The molecule has 0 radical (unpaired) electrons. The lowest BCUT2D eigenvalue weighted by Gasteiger charge is -2.12. The van der Waals surface area contributed by atoms with E-state index in [0.29, 0.717) is 30.2 Å². The number of nitrogen functional groups attached to an aromatic ring is 1. The van der Waals surface area contributed by atoms with Gasteiger partial charge >= 0.3 is 0 Å². The molecule has 2 aromatic carbocycles. The van der Waals surface area contributed by atoms with Crippen LogP contribution in [0.5, 0.6) is 5.75 Å². The molecule has 2 rings (SSSR count). The molecule has 1 amide bonds. The van der Waals surface area contributed by atoms with E-state index in [-0.39, 0.29) is 5.91 Å². The zero-order valence-electron chi connectivity index (χ0n) is 11.7. The highest BCUT2D eigenvalue weighted by Crippen LogP contribution is 2.26. The topological polar surface area (TPSA) is 64.3 Å². The Kier molecular flexibility index (Phi) is 5.22. The summed E-state index contributed by atoms with van der Waals surface area (Å²) in [6.07, 6.45) is 0. The summed E-state index contributed by atoms with van der Waals surface area (Å²) in [6, 6.07) is 12.9. The Hall–Kier alpha value is -2.01. The average molecular weight is 349 g/mol. The van der Waals surface area contributed by atoms with Crippen molar-refractivity contribution in [1.29, 1.82) is 0 Å². The summed E-state index contributed by atoms with van der Waals surface area (Å²) in [5.74, 6) is 0.238. The number of hydrogen-bond acceptors (Lipinski definition) is 3. The molecule has 0 atom stereocenters. The van der Waals surface area contributed by atoms with Crippen LogP contribution >= 0.6 is 15.9 Å². The van der Waals surface area contributed by atoms with Gasteiger partial charge in [-0.2, -0.15) is 0 Å². The van der Waals surface area contributed by atoms with Crippen LogP contribution in [0.2, 0.25) is 0 Å². The molecule has 0 bridgehead atoms. The van der Waals surface area contributed by atoms with Gasteiger partial charge < -0.3 is 15.8 Å². The van der Waals surface area contributed by atoms with Crippen molar-refractivity contribution in [3.05, 3.63) is 58.1 Å². The summed E-state index contributed by atoms with van der Waals surface area (Å²) < 4.78 is 6.47. The normalized spacial score (nSPS) is 10.2. The molecule has 0 unspecified atom stereocenters. The second-order valence-electron chi connectivity index (χ2n) is 4.47. The first kappa shape index (κ1) is 15.4. The van der Waals surface area contributed by atoms with E-state index in [1.165, 1.54) is 0 Å². The Morgan fingerprint density at radius 3 is 2.62 bits per heavy atom. The lowest BCUT2D eigenvalue weighted by molar-refractivity contribution is 0.0947. The highest BCUT2D eigenvalue weighted by atomic mass is 79.9. The van der Waals surface area contributed by atoms with Crippen LogP contribution in [-0.4, -0.2) is 12.5 Å². The number of rotatable bonds is 5. The number of nitrogens with two attached hydrogens (primary N) is 1. The summed E-state index contributed by atoms with van der Waals surface area (Å²) in [5, 5.41) is 2.87. The first-order valence-corrected chi connectivity index (χ1v) is 7.45. The van der Waals surface area contributed by atoms with Crippen molar-refractivity contribution in [2.24, 2.45) is 0 Å². The molecule has 4 nitrogen and oxygen atoms in total. The van der Waals surface area contributed by atoms with Crippen LogP contribution in [0.25, 0.3) is 0 Å². The number of ether oxygens (including phenoxy) is 1. The first-order chi connectivity index (χ1) is 10.1. The summed E-state index contributed by atoms with van der Waals surface area (Å²) in [6.45, 7) is 2.77. The molecule has 0 aromatic heterocycles. The minimum Gasteiger partial charge on any atom is -0.491 e. The minimum absolute atomic E-state index is 0.200. The average Bonchev–Trinajstić information content (AvgIpc) is 2.48. The molecule has 0 heterocycles. The fourth-order valence-electron chi connectivity index (χ4n) is 1.92. The van der Waals surface area contributed by atoms with E-state index in [4.69, 9.17) is 10.5 Å². The molecule has 3 N–H and O–H groups in total. The maximum atomic E-state index is 12.3. The van der Waals surface area contributed by atoms with Crippen molar-refractivity contribution in [3.63, 3.8) is 0 Å². The van der Waals surface area contributed by atoms with Gasteiger partial charge in [0.15, 0.2) is 5.75 Å². The number of halogens is 1. The van der Waals surface area contributed by atoms with Gasteiger partial charge in [0.05, 0.1) is 17.9 Å². The number of hydrogen-bond donors (Lipinski definition) is 2. The highest BCUT2D eigenvalue weighted by molar-refractivity contribution is 9.10. The fraction of sp³-hybridized carbons (Fsp3) is 0.188. The van der Waals surface area contributed by atoms with E-state index < -0.39 is 0 Å². The molecule has 0 spiro atoms.